The number of ether oxygens (including phenoxy) is 1. The number of hydrogen-bond donors (Lipinski definition) is 2. The van der Waals surface area contributed by atoms with Crippen LogP contribution in [0.1, 0.15) is 59.3 Å². The number of unbranched alkanes of at least 4 members (excludes halogenated alkanes) is 2. The SMILES string of the molecule is CCCCOCC(O)CNCC(CC)CCCC. The van der Waals surface area contributed by atoms with Crippen LogP contribution in [0.4, 0.5) is 0 Å². The van der Waals surface area contributed by atoms with E-state index in [1.165, 1.54) is 25.7 Å². The van der Waals surface area contributed by atoms with Crippen LogP contribution in [0.25, 0.3) is 0 Å². The zero-order valence-electron chi connectivity index (χ0n) is 12.6. The molecule has 2 N–H and O–H groups in total. The Balaban J connectivity index is 3.43. The summed E-state index contributed by atoms with van der Waals surface area (Å²) >= 11 is 0. The molecule has 110 valence electrons. The summed E-state index contributed by atoms with van der Waals surface area (Å²) in [6, 6.07) is 0. The molecule has 0 aromatic rings. The summed E-state index contributed by atoms with van der Waals surface area (Å²) in [4.78, 5) is 0. The minimum Gasteiger partial charge on any atom is -0.389 e. The summed E-state index contributed by atoms with van der Waals surface area (Å²) in [5, 5.41) is 13.1. The molecule has 0 aliphatic heterocycles. The Morgan fingerprint density at radius 2 is 1.78 bits per heavy atom. The van der Waals surface area contributed by atoms with Crippen LogP contribution in [0.2, 0.25) is 0 Å². The van der Waals surface area contributed by atoms with E-state index in [2.05, 4.69) is 26.1 Å². The van der Waals surface area contributed by atoms with E-state index >= 15 is 0 Å². The second kappa shape index (κ2) is 13.3. The number of hydrogen-bond acceptors (Lipinski definition) is 3. The van der Waals surface area contributed by atoms with Crippen LogP contribution in [0.15, 0.2) is 0 Å². The lowest BCUT2D eigenvalue weighted by Gasteiger charge is -2.17. The molecule has 0 aliphatic carbocycles. The number of rotatable bonds is 13. The molecule has 3 nitrogen and oxygen atoms in total. The van der Waals surface area contributed by atoms with E-state index in [9.17, 15) is 5.11 Å². The molecular formula is C15H33NO2. The summed E-state index contributed by atoms with van der Waals surface area (Å²) in [5.41, 5.74) is 0. The van der Waals surface area contributed by atoms with Crippen LogP contribution >= 0.6 is 0 Å². The maximum atomic E-state index is 9.72. The van der Waals surface area contributed by atoms with E-state index in [1.54, 1.807) is 0 Å². The van der Waals surface area contributed by atoms with Gasteiger partial charge in [-0.1, -0.05) is 46.5 Å². The zero-order chi connectivity index (χ0) is 13.6. The van der Waals surface area contributed by atoms with Gasteiger partial charge in [-0.05, 0) is 25.3 Å². The number of nitrogens with one attached hydrogen (secondary N) is 1. The molecule has 2 atom stereocenters. The first-order chi connectivity index (χ1) is 8.74. The van der Waals surface area contributed by atoms with Crippen molar-refractivity contribution in [2.24, 2.45) is 5.92 Å². The standard InChI is InChI=1S/C15H33NO2/c1-4-7-9-14(6-3)11-16-12-15(17)13-18-10-8-5-2/h14-17H,4-13H2,1-3H3. The van der Waals surface area contributed by atoms with E-state index in [1.807, 2.05) is 0 Å². The Kier molecular flexibility index (Phi) is 13.2. The Hall–Kier alpha value is -0.120. The van der Waals surface area contributed by atoms with Gasteiger partial charge in [-0.15, -0.1) is 0 Å². The highest BCUT2D eigenvalue weighted by molar-refractivity contribution is 4.64. The van der Waals surface area contributed by atoms with Gasteiger partial charge in [0.15, 0.2) is 0 Å². The highest BCUT2D eigenvalue weighted by Gasteiger charge is 2.07. The zero-order valence-corrected chi connectivity index (χ0v) is 12.6. The normalized spacial score (nSPS) is 14.7. The molecule has 18 heavy (non-hydrogen) atoms. The fourth-order valence-corrected chi connectivity index (χ4v) is 1.92. The molecule has 0 radical (unpaired) electrons. The lowest BCUT2D eigenvalue weighted by molar-refractivity contribution is 0.0355. The average molecular weight is 259 g/mol. The Morgan fingerprint density at radius 1 is 1.06 bits per heavy atom. The molecule has 0 rings (SSSR count). The van der Waals surface area contributed by atoms with Crippen molar-refractivity contribution in [1.82, 2.24) is 5.32 Å². The van der Waals surface area contributed by atoms with Gasteiger partial charge in [-0.3, -0.25) is 0 Å². The summed E-state index contributed by atoms with van der Waals surface area (Å²) < 4.78 is 5.39. The predicted octanol–water partition coefficient (Wildman–Crippen LogP) is 2.97. The van der Waals surface area contributed by atoms with Gasteiger partial charge in [-0.25, -0.2) is 0 Å². The maximum absolute atomic E-state index is 9.72. The van der Waals surface area contributed by atoms with Crippen LogP contribution in [0, 0.1) is 5.92 Å². The minimum atomic E-state index is -0.370. The molecule has 2 unspecified atom stereocenters. The van der Waals surface area contributed by atoms with Crippen LogP contribution in [0.3, 0.4) is 0 Å². The van der Waals surface area contributed by atoms with Gasteiger partial charge in [0.05, 0.1) is 12.7 Å². The molecule has 0 bridgehead atoms. The van der Waals surface area contributed by atoms with Crippen molar-refractivity contribution in [1.29, 1.82) is 0 Å². The smallest absolute Gasteiger partial charge is 0.0897 e. The van der Waals surface area contributed by atoms with Crippen molar-refractivity contribution in [3.63, 3.8) is 0 Å². The van der Waals surface area contributed by atoms with Crippen LogP contribution in [-0.4, -0.2) is 37.5 Å². The fourth-order valence-electron chi connectivity index (χ4n) is 1.92. The van der Waals surface area contributed by atoms with E-state index in [-0.39, 0.29) is 6.10 Å². The van der Waals surface area contributed by atoms with Gasteiger partial charge in [0, 0.05) is 13.2 Å². The van der Waals surface area contributed by atoms with Crippen molar-refractivity contribution in [3.8, 4) is 0 Å². The van der Waals surface area contributed by atoms with Crippen LogP contribution < -0.4 is 5.32 Å². The molecule has 0 aliphatic rings. The summed E-state index contributed by atoms with van der Waals surface area (Å²) in [5.74, 6) is 0.748. The van der Waals surface area contributed by atoms with Gasteiger partial charge >= 0.3 is 0 Å². The first kappa shape index (κ1) is 17.9. The van der Waals surface area contributed by atoms with Gasteiger partial charge in [0.2, 0.25) is 0 Å². The lowest BCUT2D eigenvalue weighted by Crippen LogP contribution is -2.33. The molecule has 0 saturated heterocycles. The van der Waals surface area contributed by atoms with Gasteiger partial charge in [0.25, 0.3) is 0 Å². The Morgan fingerprint density at radius 3 is 2.39 bits per heavy atom. The molecule has 0 heterocycles. The Bertz CT molecular complexity index is 165. The molecule has 0 amide bonds. The van der Waals surface area contributed by atoms with E-state index < -0.39 is 0 Å². The highest BCUT2D eigenvalue weighted by Crippen LogP contribution is 2.10. The first-order valence-corrected chi connectivity index (χ1v) is 7.71. The van der Waals surface area contributed by atoms with E-state index in [4.69, 9.17) is 4.74 Å². The maximum Gasteiger partial charge on any atom is 0.0897 e. The minimum absolute atomic E-state index is 0.370. The molecule has 0 aromatic heterocycles. The van der Waals surface area contributed by atoms with Crippen molar-refractivity contribution < 1.29 is 9.84 Å². The van der Waals surface area contributed by atoms with E-state index in [0.717, 1.165) is 31.9 Å². The highest BCUT2D eigenvalue weighted by atomic mass is 16.5. The number of aliphatic hydroxyl groups is 1. The molecule has 0 saturated carbocycles. The topological polar surface area (TPSA) is 41.5 Å². The predicted molar refractivity (Wildman–Crippen MR) is 77.9 cm³/mol. The molecule has 0 aromatic carbocycles. The summed E-state index contributed by atoms with van der Waals surface area (Å²) in [6.45, 7) is 9.50. The van der Waals surface area contributed by atoms with E-state index in [0.29, 0.717) is 13.2 Å². The molecule has 3 heteroatoms. The van der Waals surface area contributed by atoms with Gasteiger partial charge in [-0.2, -0.15) is 0 Å². The third kappa shape index (κ3) is 11.0. The number of aliphatic hydroxyl groups excluding tert-OH is 1. The summed E-state index contributed by atoms with van der Waals surface area (Å²) in [6.07, 6.45) is 6.94. The first-order valence-electron chi connectivity index (χ1n) is 7.71. The molecule has 0 spiro atoms. The lowest BCUT2D eigenvalue weighted by atomic mass is 9.99. The average Bonchev–Trinajstić information content (AvgIpc) is 2.38. The third-order valence-electron chi connectivity index (χ3n) is 3.31. The second-order valence-corrected chi connectivity index (χ2v) is 5.16. The van der Waals surface area contributed by atoms with Crippen molar-refractivity contribution in [2.45, 2.75) is 65.4 Å². The fraction of sp³-hybridized carbons (Fsp3) is 1.00. The third-order valence-corrected chi connectivity index (χ3v) is 3.31. The quantitative estimate of drug-likeness (QED) is 0.500. The largest absolute Gasteiger partial charge is 0.389 e. The molecule has 0 fully saturated rings. The van der Waals surface area contributed by atoms with Crippen LogP contribution in [0.5, 0.6) is 0 Å². The van der Waals surface area contributed by atoms with Crippen molar-refractivity contribution >= 4 is 0 Å². The van der Waals surface area contributed by atoms with Crippen molar-refractivity contribution in [2.75, 3.05) is 26.3 Å². The van der Waals surface area contributed by atoms with Crippen LogP contribution in [-0.2, 0) is 4.74 Å². The van der Waals surface area contributed by atoms with Gasteiger partial charge in [0.1, 0.15) is 0 Å². The molecular weight excluding hydrogens is 226 g/mol. The summed E-state index contributed by atoms with van der Waals surface area (Å²) in [7, 11) is 0. The van der Waals surface area contributed by atoms with Crippen molar-refractivity contribution in [3.05, 3.63) is 0 Å². The second-order valence-electron chi connectivity index (χ2n) is 5.16. The monoisotopic (exact) mass is 259 g/mol. The van der Waals surface area contributed by atoms with Gasteiger partial charge < -0.3 is 15.2 Å². The Labute approximate surface area is 113 Å².